The van der Waals surface area contributed by atoms with Crippen LogP contribution < -0.4 is 15.8 Å². The number of rotatable bonds is 10. The van der Waals surface area contributed by atoms with Crippen LogP contribution in [0, 0.1) is 0 Å². The molecule has 7 heteroatoms. The molecule has 26 heavy (non-hydrogen) atoms. The molecule has 0 aliphatic rings. The summed E-state index contributed by atoms with van der Waals surface area (Å²) in [6.45, 7) is 1.55. The highest BCUT2D eigenvalue weighted by molar-refractivity contribution is 7.89. The van der Waals surface area contributed by atoms with Crippen LogP contribution >= 0.6 is 0 Å². The van der Waals surface area contributed by atoms with E-state index in [9.17, 15) is 13.2 Å². The summed E-state index contributed by atoms with van der Waals surface area (Å²) in [5.74, 6) is -0.0253. The first-order valence-electron chi connectivity index (χ1n) is 8.58. The maximum Gasteiger partial charge on any atom is 0.238 e. The van der Waals surface area contributed by atoms with Crippen LogP contribution in [0.1, 0.15) is 17.5 Å². The Hall–Kier alpha value is -2.22. The molecule has 0 heterocycles. The van der Waals surface area contributed by atoms with Crippen LogP contribution in [0.5, 0.6) is 0 Å². The van der Waals surface area contributed by atoms with Crippen molar-refractivity contribution in [3.05, 3.63) is 65.7 Å². The smallest absolute Gasteiger partial charge is 0.238 e. The van der Waals surface area contributed by atoms with Gasteiger partial charge in [-0.1, -0.05) is 42.5 Å². The zero-order valence-electron chi connectivity index (χ0n) is 14.6. The van der Waals surface area contributed by atoms with Crippen LogP contribution in [0.2, 0.25) is 0 Å². The second-order valence-electron chi connectivity index (χ2n) is 6.05. The molecule has 2 aromatic carbocycles. The lowest BCUT2D eigenvalue weighted by molar-refractivity contribution is -0.120. The molecule has 0 radical (unpaired) electrons. The molecule has 140 valence electrons. The fourth-order valence-corrected chi connectivity index (χ4v) is 3.02. The number of carbonyl (C=O) groups excluding carboxylic acids is 1. The van der Waals surface area contributed by atoms with Crippen LogP contribution in [0.3, 0.4) is 0 Å². The minimum atomic E-state index is -3.65. The summed E-state index contributed by atoms with van der Waals surface area (Å²) in [7, 11) is -3.65. The van der Waals surface area contributed by atoms with Crippen molar-refractivity contribution >= 4 is 15.9 Å². The average Bonchev–Trinajstić information content (AvgIpc) is 2.63. The zero-order valence-corrected chi connectivity index (χ0v) is 15.5. The summed E-state index contributed by atoms with van der Waals surface area (Å²) in [6.07, 6.45) is 2.56. The second kappa shape index (κ2) is 10.1. The highest BCUT2D eigenvalue weighted by Crippen LogP contribution is 2.08. The minimum absolute atomic E-state index is 0.0253. The molecule has 0 spiro atoms. The van der Waals surface area contributed by atoms with Gasteiger partial charge in [0.15, 0.2) is 0 Å². The van der Waals surface area contributed by atoms with Gasteiger partial charge in [0.1, 0.15) is 0 Å². The van der Waals surface area contributed by atoms with E-state index in [1.807, 2.05) is 18.2 Å². The largest absolute Gasteiger partial charge is 0.355 e. The van der Waals surface area contributed by atoms with Crippen molar-refractivity contribution in [2.24, 2.45) is 5.14 Å². The number of carbonyl (C=O) groups is 1. The van der Waals surface area contributed by atoms with Crippen molar-refractivity contribution in [1.29, 1.82) is 0 Å². The third-order valence-corrected chi connectivity index (χ3v) is 4.86. The summed E-state index contributed by atoms with van der Waals surface area (Å²) < 4.78 is 22.4. The van der Waals surface area contributed by atoms with Gasteiger partial charge in [-0.25, -0.2) is 13.6 Å². The van der Waals surface area contributed by atoms with E-state index in [0.717, 1.165) is 18.4 Å². The van der Waals surface area contributed by atoms with Crippen LogP contribution in [0.4, 0.5) is 0 Å². The minimum Gasteiger partial charge on any atom is -0.355 e. The molecule has 6 nitrogen and oxygen atoms in total. The number of nitrogens with one attached hydrogen (secondary N) is 2. The monoisotopic (exact) mass is 375 g/mol. The van der Waals surface area contributed by atoms with E-state index < -0.39 is 10.0 Å². The summed E-state index contributed by atoms with van der Waals surface area (Å²) in [5, 5.41) is 11.0. The van der Waals surface area contributed by atoms with Gasteiger partial charge in [0.25, 0.3) is 0 Å². The van der Waals surface area contributed by atoms with Gasteiger partial charge >= 0.3 is 0 Å². The van der Waals surface area contributed by atoms with Crippen molar-refractivity contribution in [1.82, 2.24) is 10.6 Å². The number of primary sulfonamides is 1. The van der Waals surface area contributed by atoms with E-state index in [-0.39, 0.29) is 17.3 Å². The Morgan fingerprint density at radius 1 is 0.885 bits per heavy atom. The Morgan fingerprint density at radius 2 is 1.54 bits per heavy atom. The molecule has 2 rings (SSSR count). The van der Waals surface area contributed by atoms with Crippen LogP contribution in [-0.4, -0.2) is 34.0 Å². The molecule has 0 aliphatic heterocycles. The summed E-state index contributed by atoms with van der Waals surface area (Å²) >= 11 is 0. The van der Waals surface area contributed by atoms with E-state index >= 15 is 0 Å². The lowest BCUT2D eigenvalue weighted by Gasteiger charge is -2.07. The van der Waals surface area contributed by atoms with E-state index in [0.29, 0.717) is 19.5 Å². The molecule has 0 aromatic heterocycles. The van der Waals surface area contributed by atoms with Gasteiger partial charge in [-0.05, 0) is 49.1 Å². The van der Waals surface area contributed by atoms with Gasteiger partial charge in [-0.15, -0.1) is 0 Å². The predicted molar refractivity (Wildman–Crippen MR) is 102 cm³/mol. The maximum atomic E-state index is 11.8. The average molecular weight is 375 g/mol. The lowest BCUT2D eigenvalue weighted by Crippen LogP contribution is -2.35. The van der Waals surface area contributed by atoms with Crippen molar-refractivity contribution in [2.75, 3.05) is 19.6 Å². The normalized spacial score (nSPS) is 11.3. The molecule has 0 unspecified atom stereocenters. The Morgan fingerprint density at radius 3 is 2.19 bits per heavy atom. The van der Waals surface area contributed by atoms with Crippen molar-refractivity contribution in [2.45, 2.75) is 24.2 Å². The van der Waals surface area contributed by atoms with Crippen molar-refractivity contribution in [3.8, 4) is 0 Å². The Kier molecular flexibility index (Phi) is 7.77. The predicted octanol–water partition coefficient (Wildman–Crippen LogP) is 1.22. The zero-order chi connectivity index (χ0) is 18.8. The maximum absolute atomic E-state index is 11.8. The Balaban J connectivity index is 1.57. The van der Waals surface area contributed by atoms with Crippen LogP contribution in [0.15, 0.2) is 59.5 Å². The number of nitrogens with two attached hydrogens (primary N) is 1. The lowest BCUT2D eigenvalue weighted by atomic mass is 10.1. The van der Waals surface area contributed by atoms with Crippen LogP contribution in [-0.2, 0) is 27.7 Å². The van der Waals surface area contributed by atoms with Crippen LogP contribution in [0.25, 0.3) is 0 Å². The van der Waals surface area contributed by atoms with Gasteiger partial charge in [-0.2, -0.15) is 0 Å². The molecule has 0 fully saturated rings. The summed E-state index contributed by atoms with van der Waals surface area (Å²) in [6, 6.07) is 16.6. The second-order valence-corrected chi connectivity index (χ2v) is 7.62. The first kappa shape index (κ1) is 20.1. The summed E-state index contributed by atoms with van der Waals surface area (Å²) in [5.41, 5.74) is 2.25. The number of benzene rings is 2. The van der Waals surface area contributed by atoms with Gasteiger partial charge in [-0.3, -0.25) is 4.79 Å². The van der Waals surface area contributed by atoms with E-state index in [4.69, 9.17) is 5.14 Å². The van der Waals surface area contributed by atoms with Crippen molar-refractivity contribution < 1.29 is 13.2 Å². The number of amides is 1. The van der Waals surface area contributed by atoms with Crippen molar-refractivity contribution in [3.63, 3.8) is 0 Å². The summed E-state index contributed by atoms with van der Waals surface area (Å²) in [4.78, 5) is 11.9. The first-order valence-corrected chi connectivity index (χ1v) is 10.1. The molecular formula is C19H25N3O3S. The van der Waals surface area contributed by atoms with E-state index in [1.165, 1.54) is 17.7 Å². The standard InChI is InChI=1S/C19H25N3O3S/c20-26(24,25)18-10-8-17(9-11-18)12-14-21-15-19(23)22-13-4-7-16-5-2-1-3-6-16/h1-3,5-6,8-11,21H,4,7,12-15H2,(H,22,23)(H2,20,24,25). The Bertz CT molecular complexity index is 791. The highest BCUT2D eigenvalue weighted by Gasteiger charge is 2.06. The molecule has 2 aromatic rings. The molecule has 0 bridgehead atoms. The number of sulfonamides is 1. The number of aryl methyl sites for hydroxylation is 1. The molecule has 1 amide bonds. The topological polar surface area (TPSA) is 101 Å². The molecule has 0 aliphatic carbocycles. The molecule has 0 saturated heterocycles. The quantitative estimate of drug-likeness (QED) is 0.543. The fraction of sp³-hybridized carbons (Fsp3) is 0.316. The molecule has 0 atom stereocenters. The third-order valence-electron chi connectivity index (χ3n) is 3.94. The Labute approximate surface area is 154 Å². The number of hydrogen-bond donors (Lipinski definition) is 3. The van der Waals surface area contributed by atoms with Gasteiger partial charge in [0.2, 0.25) is 15.9 Å². The fourth-order valence-electron chi connectivity index (χ4n) is 2.51. The van der Waals surface area contributed by atoms with Gasteiger partial charge < -0.3 is 10.6 Å². The third kappa shape index (κ3) is 7.35. The van der Waals surface area contributed by atoms with Gasteiger partial charge in [0, 0.05) is 6.54 Å². The van der Waals surface area contributed by atoms with E-state index in [2.05, 4.69) is 22.8 Å². The number of hydrogen-bond acceptors (Lipinski definition) is 4. The molecule has 0 saturated carbocycles. The molecule has 4 N–H and O–H groups in total. The SMILES string of the molecule is NS(=O)(=O)c1ccc(CCNCC(=O)NCCCc2ccccc2)cc1. The molecular weight excluding hydrogens is 350 g/mol. The van der Waals surface area contributed by atoms with E-state index in [1.54, 1.807) is 12.1 Å². The highest BCUT2D eigenvalue weighted by atomic mass is 32.2. The first-order chi connectivity index (χ1) is 12.4. The van der Waals surface area contributed by atoms with Gasteiger partial charge in [0.05, 0.1) is 11.4 Å².